The highest BCUT2D eigenvalue weighted by Crippen LogP contribution is 2.61. The molecule has 0 saturated heterocycles. The van der Waals surface area contributed by atoms with Crippen molar-refractivity contribution in [2.75, 3.05) is 25.6 Å². The van der Waals surface area contributed by atoms with Crippen LogP contribution in [-0.4, -0.2) is 35.5 Å². The summed E-state index contributed by atoms with van der Waals surface area (Å²) in [5.74, 6) is -1.04. The molecule has 10 heteroatoms. The average molecular weight is 412 g/mol. The molecule has 2 rings (SSSR count). The summed E-state index contributed by atoms with van der Waals surface area (Å²) in [6.07, 6.45) is 0. The van der Waals surface area contributed by atoms with Crippen LogP contribution < -0.4 is 5.32 Å². The Morgan fingerprint density at radius 3 is 2.07 bits per heavy atom. The van der Waals surface area contributed by atoms with Crippen LogP contribution in [0, 0.1) is 10.1 Å². The number of aromatic hydroxyl groups is 1. The molecular weight excluding hydrogens is 387 g/mol. The number of benzene rings is 2. The van der Waals surface area contributed by atoms with Crippen LogP contribution in [0.2, 0.25) is 0 Å². The number of nitro benzene ring substituents is 1. The molecule has 0 unspecified atom stereocenters. The largest absolute Gasteiger partial charge is 0.508 e. The summed E-state index contributed by atoms with van der Waals surface area (Å²) in [6, 6.07) is 12.1. The van der Waals surface area contributed by atoms with Crippen molar-refractivity contribution in [3.05, 3.63) is 64.2 Å². The zero-order valence-corrected chi connectivity index (χ0v) is 16.8. The van der Waals surface area contributed by atoms with Gasteiger partial charge in [-0.05, 0) is 32.0 Å². The summed E-state index contributed by atoms with van der Waals surface area (Å²) in [6.45, 7) is 3.70. The van der Waals surface area contributed by atoms with Gasteiger partial charge < -0.3 is 24.6 Å². The Morgan fingerprint density at radius 1 is 1.07 bits per heavy atom. The molecule has 0 heterocycles. The Bertz CT molecular complexity index is 789. The SMILES string of the molecule is CCOP(=O)(OCC)[C@H](Nc1ccc([N+](=O)[O-])cc1)c1ccccc1O.CO. The van der Waals surface area contributed by atoms with E-state index in [1.807, 2.05) is 0 Å². The van der Waals surface area contributed by atoms with Gasteiger partial charge in [-0.2, -0.15) is 0 Å². The van der Waals surface area contributed by atoms with E-state index >= 15 is 0 Å². The van der Waals surface area contributed by atoms with E-state index in [2.05, 4.69) is 5.32 Å². The third-order valence-corrected chi connectivity index (χ3v) is 5.82. The predicted octanol–water partition coefficient (Wildman–Crippen LogP) is 4.29. The second kappa shape index (κ2) is 11.4. The summed E-state index contributed by atoms with van der Waals surface area (Å²) in [5.41, 5.74) is 0.757. The van der Waals surface area contributed by atoms with Crippen molar-refractivity contribution >= 4 is 19.0 Å². The molecular formula is C18H25N2O7P. The molecule has 0 aliphatic carbocycles. The summed E-state index contributed by atoms with van der Waals surface area (Å²) >= 11 is 0. The Morgan fingerprint density at radius 2 is 1.61 bits per heavy atom. The van der Waals surface area contributed by atoms with Gasteiger partial charge in [-0.1, -0.05) is 18.2 Å². The first-order chi connectivity index (χ1) is 13.4. The molecule has 0 saturated carbocycles. The summed E-state index contributed by atoms with van der Waals surface area (Å²) in [4.78, 5) is 10.3. The van der Waals surface area contributed by atoms with E-state index in [4.69, 9.17) is 14.2 Å². The van der Waals surface area contributed by atoms with E-state index in [-0.39, 0.29) is 24.7 Å². The lowest BCUT2D eigenvalue weighted by molar-refractivity contribution is -0.384. The van der Waals surface area contributed by atoms with Crippen molar-refractivity contribution in [2.45, 2.75) is 19.6 Å². The number of non-ortho nitro benzene ring substituents is 1. The minimum absolute atomic E-state index is 0.0625. The fourth-order valence-corrected chi connectivity index (χ4v) is 4.39. The van der Waals surface area contributed by atoms with Crippen molar-refractivity contribution in [3.8, 4) is 5.75 Å². The lowest BCUT2D eigenvalue weighted by Crippen LogP contribution is -2.15. The van der Waals surface area contributed by atoms with Crippen LogP contribution in [0.5, 0.6) is 5.75 Å². The molecule has 0 amide bonds. The van der Waals surface area contributed by atoms with Crippen molar-refractivity contribution in [1.29, 1.82) is 0 Å². The summed E-state index contributed by atoms with van der Waals surface area (Å²) in [7, 11) is -2.68. The van der Waals surface area contributed by atoms with Crippen molar-refractivity contribution in [3.63, 3.8) is 0 Å². The van der Waals surface area contributed by atoms with Gasteiger partial charge in [0.2, 0.25) is 0 Å². The Kier molecular flexibility index (Phi) is 9.61. The van der Waals surface area contributed by atoms with E-state index in [9.17, 15) is 19.8 Å². The zero-order valence-electron chi connectivity index (χ0n) is 15.9. The van der Waals surface area contributed by atoms with Gasteiger partial charge >= 0.3 is 7.60 Å². The molecule has 154 valence electrons. The van der Waals surface area contributed by atoms with Crippen LogP contribution in [0.4, 0.5) is 11.4 Å². The Hall–Kier alpha value is -2.45. The Labute approximate surface area is 163 Å². The van der Waals surface area contributed by atoms with E-state index in [0.29, 0.717) is 11.3 Å². The standard InChI is InChI=1S/C17H21N2O6P.CH4O/c1-3-24-26(23,25-4-2)17(15-7-5-6-8-16(15)20)18-13-9-11-14(12-10-13)19(21)22;1-2/h5-12,17-18,20H,3-4H2,1-2H3;2H,1H3/t17-;/m0./s1. The van der Waals surface area contributed by atoms with Crippen LogP contribution in [0.1, 0.15) is 25.2 Å². The molecule has 0 aliphatic heterocycles. The van der Waals surface area contributed by atoms with Gasteiger partial charge in [-0.15, -0.1) is 0 Å². The molecule has 0 radical (unpaired) electrons. The molecule has 0 spiro atoms. The summed E-state index contributed by atoms with van der Waals surface area (Å²) < 4.78 is 24.2. The van der Waals surface area contributed by atoms with Crippen LogP contribution in [0.15, 0.2) is 48.5 Å². The van der Waals surface area contributed by atoms with E-state index in [1.165, 1.54) is 30.3 Å². The Balaban J connectivity index is 0.00000190. The molecule has 0 aliphatic rings. The van der Waals surface area contributed by atoms with Gasteiger partial charge in [-0.3, -0.25) is 14.7 Å². The number of rotatable bonds is 9. The number of para-hydroxylation sites is 1. The van der Waals surface area contributed by atoms with Crippen LogP contribution in [0.25, 0.3) is 0 Å². The first kappa shape index (κ1) is 23.6. The van der Waals surface area contributed by atoms with Crippen LogP contribution in [0.3, 0.4) is 0 Å². The number of anilines is 1. The second-order valence-corrected chi connectivity index (χ2v) is 7.40. The number of aliphatic hydroxyl groups excluding tert-OH is 1. The highest BCUT2D eigenvalue weighted by Gasteiger charge is 2.38. The van der Waals surface area contributed by atoms with E-state index in [0.717, 1.165) is 7.11 Å². The third-order valence-electron chi connectivity index (χ3n) is 3.55. The molecule has 2 aromatic rings. The fraction of sp³-hybridized carbons (Fsp3) is 0.333. The third kappa shape index (κ3) is 6.03. The second-order valence-electron chi connectivity index (χ2n) is 5.29. The van der Waals surface area contributed by atoms with Gasteiger partial charge in [0.15, 0.2) is 5.78 Å². The number of nitrogens with zero attached hydrogens (tertiary/aromatic N) is 1. The average Bonchev–Trinajstić information content (AvgIpc) is 2.69. The maximum absolute atomic E-state index is 13.3. The molecule has 1 atom stereocenters. The van der Waals surface area contributed by atoms with E-state index in [1.54, 1.807) is 32.0 Å². The number of phenols is 1. The molecule has 0 aromatic heterocycles. The van der Waals surface area contributed by atoms with Gasteiger partial charge in [0.1, 0.15) is 5.75 Å². The quantitative estimate of drug-likeness (QED) is 0.316. The number of nitrogens with one attached hydrogen (secondary N) is 1. The van der Waals surface area contributed by atoms with Gasteiger partial charge in [0.25, 0.3) is 5.69 Å². The van der Waals surface area contributed by atoms with Crippen molar-refractivity contribution in [2.24, 2.45) is 0 Å². The normalized spacial score (nSPS) is 11.9. The number of hydrogen-bond donors (Lipinski definition) is 3. The molecule has 28 heavy (non-hydrogen) atoms. The smallest absolute Gasteiger partial charge is 0.357 e. The first-order valence-electron chi connectivity index (χ1n) is 8.53. The molecule has 0 fully saturated rings. The lowest BCUT2D eigenvalue weighted by atomic mass is 10.2. The predicted molar refractivity (Wildman–Crippen MR) is 107 cm³/mol. The molecule has 9 nitrogen and oxygen atoms in total. The number of nitro groups is 1. The molecule has 2 aromatic carbocycles. The maximum Gasteiger partial charge on any atom is 0.357 e. The lowest BCUT2D eigenvalue weighted by Gasteiger charge is -2.28. The van der Waals surface area contributed by atoms with E-state index < -0.39 is 18.3 Å². The monoisotopic (exact) mass is 412 g/mol. The van der Waals surface area contributed by atoms with Crippen molar-refractivity contribution < 1.29 is 28.7 Å². The van der Waals surface area contributed by atoms with Crippen LogP contribution >= 0.6 is 7.60 Å². The highest BCUT2D eigenvalue weighted by molar-refractivity contribution is 7.54. The van der Waals surface area contributed by atoms with Crippen LogP contribution in [-0.2, 0) is 13.6 Å². The van der Waals surface area contributed by atoms with Gasteiger partial charge in [-0.25, -0.2) is 0 Å². The number of aliphatic hydroxyl groups is 1. The zero-order chi connectivity index (χ0) is 21.2. The minimum atomic E-state index is -3.68. The molecule has 3 N–H and O–H groups in total. The first-order valence-corrected chi connectivity index (χ1v) is 10.1. The maximum atomic E-state index is 13.3. The van der Waals surface area contributed by atoms with Crippen molar-refractivity contribution in [1.82, 2.24) is 0 Å². The fourth-order valence-electron chi connectivity index (χ4n) is 2.43. The van der Waals surface area contributed by atoms with Gasteiger partial charge in [0.05, 0.1) is 18.1 Å². The highest BCUT2D eigenvalue weighted by atomic mass is 31.2. The topological polar surface area (TPSA) is 131 Å². The van der Waals surface area contributed by atoms with Gasteiger partial charge in [0, 0.05) is 30.5 Å². The number of hydrogen-bond acceptors (Lipinski definition) is 8. The summed E-state index contributed by atoms with van der Waals surface area (Å²) in [5, 5.41) is 31.0. The molecule has 0 bridgehead atoms. The minimum Gasteiger partial charge on any atom is -0.508 e. The number of phenolic OH excluding ortho intramolecular Hbond substituents is 1.